The van der Waals surface area contributed by atoms with Gasteiger partial charge in [0.05, 0.1) is 23.3 Å². The normalized spacial score (nSPS) is 24.5. The van der Waals surface area contributed by atoms with Gasteiger partial charge < -0.3 is 10.3 Å². The highest BCUT2D eigenvalue weighted by atomic mass is 15.3. The first-order chi connectivity index (χ1) is 13.4. The topological polar surface area (TPSA) is 86.4 Å². The van der Waals surface area contributed by atoms with Gasteiger partial charge in [-0.05, 0) is 39.3 Å². The molecule has 0 saturated heterocycles. The van der Waals surface area contributed by atoms with E-state index >= 15 is 0 Å². The Morgan fingerprint density at radius 3 is 2.86 bits per heavy atom. The van der Waals surface area contributed by atoms with Crippen molar-refractivity contribution in [3.63, 3.8) is 0 Å². The van der Waals surface area contributed by atoms with Gasteiger partial charge in [0, 0.05) is 59.8 Å². The Labute approximate surface area is 164 Å². The number of rotatable bonds is 1. The summed E-state index contributed by atoms with van der Waals surface area (Å²) in [6.45, 7) is 6.56. The van der Waals surface area contributed by atoms with Gasteiger partial charge >= 0.3 is 0 Å². The number of aromatic nitrogens is 4. The third-order valence-corrected chi connectivity index (χ3v) is 5.76. The summed E-state index contributed by atoms with van der Waals surface area (Å²) in [5.74, 6) is 0.555. The van der Waals surface area contributed by atoms with Crippen LogP contribution in [0.1, 0.15) is 50.5 Å². The Hall–Kier alpha value is -2.96. The molecule has 1 aliphatic carbocycles. The van der Waals surface area contributed by atoms with Crippen LogP contribution in [0.15, 0.2) is 46.9 Å². The summed E-state index contributed by atoms with van der Waals surface area (Å²) >= 11 is 0. The molecule has 7 nitrogen and oxygen atoms in total. The molecular weight excluding hydrogens is 350 g/mol. The lowest BCUT2D eigenvalue weighted by Gasteiger charge is -2.25. The van der Waals surface area contributed by atoms with Crippen LogP contribution in [0.2, 0.25) is 0 Å². The molecule has 0 radical (unpaired) electrons. The molecule has 0 bridgehead atoms. The van der Waals surface area contributed by atoms with Crippen LogP contribution in [-0.2, 0) is 12.0 Å². The zero-order valence-electron chi connectivity index (χ0n) is 16.4. The average molecular weight is 375 g/mol. The second kappa shape index (κ2) is 6.02. The van der Waals surface area contributed by atoms with Crippen LogP contribution in [0.4, 0.5) is 0 Å². The number of hydrogen-bond acceptors (Lipinski definition) is 5. The predicted molar refractivity (Wildman–Crippen MR) is 111 cm³/mol. The molecule has 5 rings (SSSR count). The number of pyridine rings is 1. The summed E-state index contributed by atoms with van der Waals surface area (Å²) in [5.41, 5.74) is 9.28. The van der Waals surface area contributed by atoms with E-state index in [0.29, 0.717) is 5.96 Å². The van der Waals surface area contributed by atoms with Crippen molar-refractivity contribution in [2.75, 3.05) is 0 Å². The smallest absolute Gasteiger partial charge is 0.215 e. The van der Waals surface area contributed by atoms with E-state index in [4.69, 9.17) is 15.8 Å². The molecule has 144 valence electrons. The highest BCUT2D eigenvalue weighted by Crippen LogP contribution is 2.41. The molecule has 3 aromatic rings. The van der Waals surface area contributed by atoms with Crippen molar-refractivity contribution >= 4 is 23.1 Å². The first kappa shape index (κ1) is 17.2. The Morgan fingerprint density at radius 1 is 1.21 bits per heavy atom. The Morgan fingerprint density at radius 2 is 2.07 bits per heavy atom. The minimum Gasteiger partial charge on any atom is -0.368 e. The van der Waals surface area contributed by atoms with Gasteiger partial charge in [-0.25, -0.2) is 9.98 Å². The molecule has 2 N–H and O–H groups in total. The standard InChI is InChI=1S/C21H25N7/c1-21(2,3)28-18-8-15(27-11-13-5-4-6-23-17(13)12-27)7-14-9-24-20(22)26-19(14)16(18)10-25-28/h4-6,9-12,14-15,19H,7-8H2,1-3H3,(H2,22,26). The van der Waals surface area contributed by atoms with Crippen molar-refractivity contribution in [3.8, 4) is 0 Å². The van der Waals surface area contributed by atoms with Gasteiger partial charge in [0.2, 0.25) is 5.96 Å². The van der Waals surface area contributed by atoms with Gasteiger partial charge in [0.15, 0.2) is 0 Å². The molecule has 28 heavy (non-hydrogen) atoms. The fourth-order valence-corrected chi connectivity index (χ4v) is 4.48. The second-order valence-corrected chi connectivity index (χ2v) is 8.78. The van der Waals surface area contributed by atoms with E-state index in [1.165, 1.54) is 11.3 Å². The van der Waals surface area contributed by atoms with Gasteiger partial charge in [0.25, 0.3) is 0 Å². The summed E-state index contributed by atoms with van der Waals surface area (Å²) in [6.07, 6.45) is 12.0. The molecule has 0 amide bonds. The molecule has 4 heterocycles. The molecule has 3 atom stereocenters. The monoisotopic (exact) mass is 375 g/mol. The molecule has 3 unspecified atom stereocenters. The van der Waals surface area contributed by atoms with Crippen LogP contribution >= 0.6 is 0 Å². The van der Waals surface area contributed by atoms with Crippen LogP contribution in [0, 0.1) is 5.92 Å². The maximum Gasteiger partial charge on any atom is 0.215 e. The second-order valence-electron chi connectivity index (χ2n) is 8.78. The summed E-state index contributed by atoms with van der Waals surface area (Å²) in [6, 6.07) is 4.35. The van der Waals surface area contributed by atoms with Crippen LogP contribution in [0.3, 0.4) is 0 Å². The number of fused-ring (bicyclic) bond motifs is 4. The number of guanidine groups is 1. The number of aliphatic imine (C=N–C) groups is 2. The molecule has 7 heteroatoms. The van der Waals surface area contributed by atoms with Crippen molar-refractivity contribution in [3.05, 3.63) is 48.2 Å². The molecule has 0 spiro atoms. The Kier molecular flexibility index (Phi) is 3.69. The zero-order chi connectivity index (χ0) is 19.5. The first-order valence-corrected chi connectivity index (χ1v) is 9.77. The fourth-order valence-electron chi connectivity index (χ4n) is 4.48. The van der Waals surface area contributed by atoms with E-state index in [0.717, 1.165) is 23.7 Å². The molecule has 3 aromatic heterocycles. The first-order valence-electron chi connectivity index (χ1n) is 9.77. The van der Waals surface area contributed by atoms with E-state index in [1.54, 1.807) is 0 Å². The quantitative estimate of drug-likeness (QED) is 0.708. The molecule has 0 fully saturated rings. The van der Waals surface area contributed by atoms with Gasteiger partial charge in [-0.15, -0.1) is 0 Å². The van der Waals surface area contributed by atoms with Gasteiger partial charge in [-0.1, -0.05) is 0 Å². The SMILES string of the molecule is CC(C)(C)n1ncc2c1CC(n1cc3cccnc3c1)CC1C=NC(N)=NC21. The van der Waals surface area contributed by atoms with Crippen LogP contribution in [0.5, 0.6) is 0 Å². The van der Waals surface area contributed by atoms with Gasteiger partial charge in [0.1, 0.15) is 0 Å². The number of nitrogens with zero attached hydrogens (tertiary/aromatic N) is 6. The summed E-state index contributed by atoms with van der Waals surface area (Å²) < 4.78 is 4.45. The maximum absolute atomic E-state index is 5.95. The number of nitrogens with two attached hydrogens (primary N) is 1. The van der Waals surface area contributed by atoms with E-state index in [-0.39, 0.29) is 23.5 Å². The van der Waals surface area contributed by atoms with Crippen LogP contribution < -0.4 is 5.73 Å². The summed E-state index contributed by atoms with van der Waals surface area (Å²) in [5, 5.41) is 5.90. The molecule has 2 aliphatic rings. The third-order valence-electron chi connectivity index (χ3n) is 5.76. The fraction of sp³-hybridized carbons (Fsp3) is 0.429. The lowest BCUT2D eigenvalue weighted by molar-refractivity contribution is 0.331. The van der Waals surface area contributed by atoms with Crippen molar-refractivity contribution in [1.82, 2.24) is 19.3 Å². The third kappa shape index (κ3) is 2.73. The van der Waals surface area contributed by atoms with E-state index in [9.17, 15) is 0 Å². The van der Waals surface area contributed by atoms with E-state index in [1.807, 2.05) is 24.7 Å². The average Bonchev–Trinajstić information content (AvgIpc) is 3.23. The lowest BCUT2D eigenvalue weighted by atomic mass is 9.92. The van der Waals surface area contributed by atoms with Crippen molar-refractivity contribution < 1.29 is 0 Å². The lowest BCUT2D eigenvalue weighted by Crippen LogP contribution is -2.26. The van der Waals surface area contributed by atoms with Crippen LogP contribution in [-0.4, -0.2) is 31.5 Å². The summed E-state index contributed by atoms with van der Waals surface area (Å²) in [7, 11) is 0. The van der Waals surface area contributed by atoms with Crippen molar-refractivity contribution in [2.24, 2.45) is 21.6 Å². The molecule has 0 saturated carbocycles. The van der Waals surface area contributed by atoms with E-state index < -0.39 is 0 Å². The van der Waals surface area contributed by atoms with Gasteiger partial charge in [-0.2, -0.15) is 5.10 Å². The molecular formula is C21H25N7. The zero-order valence-corrected chi connectivity index (χ0v) is 16.4. The van der Waals surface area contributed by atoms with Crippen molar-refractivity contribution in [1.29, 1.82) is 0 Å². The van der Waals surface area contributed by atoms with E-state index in [2.05, 4.69) is 58.5 Å². The van der Waals surface area contributed by atoms with Crippen LogP contribution in [0.25, 0.3) is 10.9 Å². The Balaban J connectivity index is 1.64. The summed E-state index contributed by atoms with van der Waals surface area (Å²) in [4.78, 5) is 13.5. The molecule has 0 aromatic carbocycles. The van der Waals surface area contributed by atoms with Gasteiger partial charge in [-0.3, -0.25) is 9.67 Å². The van der Waals surface area contributed by atoms with Crippen molar-refractivity contribution in [2.45, 2.75) is 51.2 Å². The number of hydrogen-bond donors (Lipinski definition) is 1. The Bertz CT molecular complexity index is 1060. The molecule has 1 aliphatic heterocycles. The minimum absolute atomic E-state index is 0.0169. The minimum atomic E-state index is -0.0983. The highest BCUT2D eigenvalue weighted by molar-refractivity contribution is 5.89. The maximum atomic E-state index is 5.95. The largest absolute Gasteiger partial charge is 0.368 e. The highest BCUT2D eigenvalue weighted by Gasteiger charge is 2.37. The predicted octanol–water partition coefficient (Wildman–Crippen LogP) is 3.23.